The highest BCUT2D eigenvalue weighted by Gasteiger charge is 2.27. The molecule has 0 radical (unpaired) electrons. The van der Waals surface area contributed by atoms with Crippen molar-refractivity contribution in [1.29, 1.82) is 0 Å². The van der Waals surface area contributed by atoms with Crippen LogP contribution in [0.5, 0.6) is 0 Å². The molecule has 2 N–H and O–H groups in total. The summed E-state index contributed by atoms with van der Waals surface area (Å²) in [5.74, 6) is -1.31. The van der Waals surface area contributed by atoms with Crippen molar-refractivity contribution in [2.24, 2.45) is 0 Å². The first kappa shape index (κ1) is 22.3. The molecule has 4 amide bonds. The van der Waals surface area contributed by atoms with Crippen LogP contribution in [-0.4, -0.2) is 30.1 Å². The molecule has 1 aliphatic rings. The van der Waals surface area contributed by atoms with Gasteiger partial charge in [-0.2, -0.15) is 0 Å². The van der Waals surface area contributed by atoms with Crippen molar-refractivity contribution in [2.45, 2.75) is 19.5 Å². The Labute approximate surface area is 190 Å². The summed E-state index contributed by atoms with van der Waals surface area (Å²) in [4.78, 5) is 28.3. The van der Waals surface area contributed by atoms with Crippen LogP contribution in [0.1, 0.15) is 17.5 Å². The third-order valence-electron chi connectivity index (χ3n) is 5.42. The van der Waals surface area contributed by atoms with Gasteiger partial charge in [-0.1, -0.05) is 36.4 Å². The number of nitrogens with zero attached hydrogens (tertiary/aromatic N) is 2. The monoisotopic (exact) mass is 450 g/mol. The summed E-state index contributed by atoms with van der Waals surface area (Å²) in [6.07, 6.45) is 0.719. The Balaban J connectivity index is 1.35. The Hall–Kier alpha value is -3.94. The third kappa shape index (κ3) is 5.65. The van der Waals surface area contributed by atoms with E-state index in [9.17, 15) is 18.4 Å². The molecule has 0 bridgehead atoms. The van der Waals surface area contributed by atoms with E-state index in [2.05, 4.69) is 10.6 Å². The summed E-state index contributed by atoms with van der Waals surface area (Å²) in [5.41, 5.74) is 2.54. The highest BCUT2D eigenvalue weighted by molar-refractivity contribution is 5.94. The van der Waals surface area contributed by atoms with E-state index in [4.69, 9.17) is 0 Å². The predicted octanol–water partition coefficient (Wildman–Crippen LogP) is 5.12. The molecule has 3 aromatic rings. The number of urea groups is 2. The molecule has 1 heterocycles. The molecule has 0 spiro atoms. The summed E-state index contributed by atoms with van der Waals surface area (Å²) in [6.45, 7) is 1.51. The number of hydrogen-bond donors (Lipinski definition) is 2. The van der Waals surface area contributed by atoms with E-state index in [1.165, 1.54) is 12.1 Å². The number of benzene rings is 3. The average Bonchev–Trinajstić information content (AvgIpc) is 2.82. The van der Waals surface area contributed by atoms with Gasteiger partial charge < -0.3 is 15.5 Å². The van der Waals surface area contributed by atoms with E-state index in [0.717, 1.165) is 18.1 Å². The standard InChI is InChI=1S/C25H24F2N4O2/c26-20-8-7-19(23(27)15-20)17-30-13-4-14-31(25(30)33)22-11-9-21(10-12-22)29-24(32)28-16-18-5-2-1-3-6-18/h1-3,5-12,15H,4,13-14,16-17H2,(H2,28,29,32). The zero-order valence-corrected chi connectivity index (χ0v) is 17.9. The molecule has 1 fully saturated rings. The fraction of sp³-hybridized carbons (Fsp3) is 0.200. The van der Waals surface area contributed by atoms with E-state index in [-0.39, 0.29) is 24.2 Å². The molecule has 0 aromatic heterocycles. The molecule has 1 saturated heterocycles. The van der Waals surface area contributed by atoms with Gasteiger partial charge in [0.15, 0.2) is 0 Å². The van der Waals surface area contributed by atoms with Crippen LogP contribution in [-0.2, 0) is 13.1 Å². The Morgan fingerprint density at radius 3 is 2.42 bits per heavy atom. The third-order valence-corrected chi connectivity index (χ3v) is 5.42. The van der Waals surface area contributed by atoms with Crippen molar-refractivity contribution in [2.75, 3.05) is 23.3 Å². The number of carbonyl (C=O) groups is 2. The Morgan fingerprint density at radius 1 is 0.939 bits per heavy atom. The number of anilines is 2. The zero-order valence-electron chi connectivity index (χ0n) is 17.9. The van der Waals surface area contributed by atoms with E-state index < -0.39 is 11.6 Å². The Bertz CT molecular complexity index is 1120. The maximum Gasteiger partial charge on any atom is 0.324 e. The predicted molar refractivity (Wildman–Crippen MR) is 123 cm³/mol. The molecule has 33 heavy (non-hydrogen) atoms. The Morgan fingerprint density at radius 2 is 1.70 bits per heavy atom. The van der Waals surface area contributed by atoms with Crippen molar-refractivity contribution in [3.8, 4) is 0 Å². The van der Waals surface area contributed by atoms with E-state index in [0.29, 0.717) is 31.0 Å². The Kier molecular flexibility index (Phi) is 6.83. The van der Waals surface area contributed by atoms with Gasteiger partial charge in [0.25, 0.3) is 0 Å². The van der Waals surface area contributed by atoms with Gasteiger partial charge in [0.1, 0.15) is 11.6 Å². The highest BCUT2D eigenvalue weighted by Crippen LogP contribution is 2.24. The molecular formula is C25H24F2N4O2. The van der Waals surface area contributed by atoms with Gasteiger partial charge >= 0.3 is 12.1 Å². The van der Waals surface area contributed by atoms with Crippen molar-refractivity contribution < 1.29 is 18.4 Å². The van der Waals surface area contributed by atoms with Gasteiger partial charge in [-0.25, -0.2) is 18.4 Å². The molecule has 170 valence electrons. The van der Waals surface area contributed by atoms with Crippen molar-refractivity contribution in [3.05, 3.63) is 95.6 Å². The topological polar surface area (TPSA) is 64.7 Å². The molecule has 6 nitrogen and oxygen atoms in total. The largest absolute Gasteiger partial charge is 0.334 e. The van der Waals surface area contributed by atoms with Crippen LogP contribution in [0.15, 0.2) is 72.8 Å². The van der Waals surface area contributed by atoms with Crippen LogP contribution in [0, 0.1) is 11.6 Å². The van der Waals surface area contributed by atoms with Crippen molar-refractivity contribution >= 4 is 23.4 Å². The molecule has 1 aliphatic heterocycles. The quantitative estimate of drug-likeness (QED) is 0.548. The van der Waals surface area contributed by atoms with E-state index in [1.54, 1.807) is 34.1 Å². The number of nitrogens with one attached hydrogen (secondary N) is 2. The number of halogens is 2. The first-order valence-corrected chi connectivity index (χ1v) is 10.7. The van der Waals surface area contributed by atoms with Gasteiger partial charge in [-0.15, -0.1) is 0 Å². The summed E-state index contributed by atoms with van der Waals surface area (Å²) in [7, 11) is 0. The molecular weight excluding hydrogens is 426 g/mol. The normalized spacial score (nSPS) is 13.7. The second kappa shape index (κ2) is 10.1. The van der Waals surface area contributed by atoms with Gasteiger partial charge in [0.05, 0.1) is 6.54 Å². The van der Waals surface area contributed by atoms with Crippen LogP contribution < -0.4 is 15.5 Å². The molecule has 8 heteroatoms. The molecule has 0 aliphatic carbocycles. The molecule has 0 saturated carbocycles. The van der Waals surface area contributed by atoms with Crippen LogP contribution in [0.2, 0.25) is 0 Å². The molecule has 0 atom stereocenters. The number of rotatable bonds is 6. The summed E-state index contributed by atoms with van der Waals surface area (Å²) in [5, 5.41) is 5.56. The van der Waals surface area contributed by atoms with Crippen LogP contribution >= 0.6 is 0 Å². The lowest BCUT2D eigenvalue weighted by Crippen LogP contribution is -2.49. The fourth-order valence-corrected chi connectivity index (χ4v) is 3.70. The fourth-order valence-electron chi connectivity index (χ4n) is 3.70. The summed E-state index contributed by atoms with van der Waals surface area (Å²) >= 11 is 0. The van der Waals surface area contributed by atoms with E-state index in [1.807, 2.05) is 30.3 Å². The highest BCUT2D eigenvalue weighted by atomic mass is 19.1. The average molecular weight is 450 g/mol. The van der Waals surface area contributed by atoms with E-state index >= 15 is 0 Å². The smallest absolute Gasteiger partial charge is 0.324 e. The first-order valence-electron chi connectivity index (χ1n) is 10.7. The molecule has 3 aromatic carbocycles. The second-order valence-electron chi connectivity index (χ2n) is 7.79. The number of amides is 4. The number of hydrogen-bond acceptors (Lipinski definition) is 2. The zero-order chi connectivity index (χ0) is 23.2. The van der Waals surface area contributed by atoms with Crippen LogP contribution in [0.4, 0.5) is 29.7 Å². The minimum absolute atomic E-state index is 0.0721. The van der Waals surface area contributed by atoms with Crippen molar-refractivity contribution in [1.82, 2.24) is 10.2 Å². The van der Waals surface area contributed by atoms with Gasteiger partial charge in [0, 0.05) is 42.6 Å². The maximum absolute atomic E-state index is 14.0. The first-order chi connectivity index (χ1) is 16.0. The van der Waals surface area contributed by atoms with Crippen LogP contribution in [0.3, 0.4) is 0 Å². The lowest BCUT2D eigenvalue weighted by molar-refractivity contribution is 0.191. The molecule has 4 rings (SSSR count). The second-order valence-corrected chi connectivity index (χ2v) is 7.79. The minimum Gasteiger partial charge on any atom is -0.334 e. The summed E-state index contributed by atoms with van der Waals surface area (Å²) < 4.78 is 27.2. The van der Waals surface area contributed by atoms with Gasteiger partial charge in [-0.05, 0) is 42.3 Å². The van der Waals surface area contributed by atoms with Crippen LogP contribution in [0.25, 0.3) is 0 Å². The number of carbonyl (C=O) groups excluding carboxylic acids is 2. The lowest BCUT2D eigenvalue weighted by Gasteiger charge is -2.35. The van der Waals surface area contributed by atoms with Crippen molar-refractivity contribution in [3.63, 3.8) is 0 Å². The van der Waals surface area contributed by atoms with Gasteiger partial charge in [0.2, 0.25) is 0 Å². The SMILES string of the molecule is O=C(NCc1ccccc1)Nc1ccc(N2CCCN(Cc3ccc(F)cc3F)C2=O)cc1. The minimum atomic E-state index is -0.666. The maximum atomic E-state index is 14.0. The lowest BCUT2D eigenvalue weighted by atomic mass is 10.1. The molecule has 0 unspecified atom stereocenters. The summed E-state index contributed by atoms with van der Waals surface area (Å²) in [6, 6.07) is 19.4. The van der Waals surface area contributed by atoms with Gasteiger partial charge in [-0.3, -0.25) is 4.90 Å².